The van der Waals surface area contributed by atoms with Crippen LogP contribution in [0.25, 0.3) is 0 Å². The number of hydrogen-bond donors (Lipinski definition) is 1. The van der Waals surface area contributed by atoms with Crippen LogP contribution in [0.3, 0.4) is 0 Å². The quantitative estimate of drug-likeness (QED) is 0.815. The smallest absolute Gasteiger partial charge is 0.315 e. The molecule has 0 spiro atoms. The van der Waals surface area contributed by atoms with E-state index in [9.17, 15) is 4.79 Å². The predicted octanol–water partition coefficient (Wildman–Crippen LogP) is 1.03. The van der Waals surface area contributed by atoms with E-state index in [0.29, 0.717) is 45.2 Å². The Balaban J connectivity index is 1.71. The number of halogens is 1. The minimum atomic E-state index is -0.321. The number of nitrogens with zero attached hydrogens (tertiary/aromatic N) is 3. The number of aromatic nitrogens is 2. The number of amides is 1. The van der Waals surface area contributed by atoms with E-state index in [2.05, 4.69) is 15.5 Å². The van der Waals surface area contributed by atoms with Crippen LogP contribution in [-0.2, 0) is 9.53 Å². The summed E-state index contributed by atoms with van der Waals surface area (Å²) in [5.41, 5.74) is 0. The van der Waals surface area contributed by atoms with Crippen molar-refractivity contribution < 1.29 is 13.9 Å². The molecule has 106 valence electrons. The van der Waals surface area contributed by atoms with Crippen LogP contribution in [0.15, 0.2) is 4.42 Å². The summed E-state index contributed by atoms with van der Waals surface area (Å²) in [4.78, 5) is 13.6. The van der Waals surface area contributed by atoms with Crippen LogP contribution in [0.5, 0.6) is 0 Å². The van der Waals surface area contributed by atoms with E-state index in [1.165, 1.54) is 0 Å². The average Bonchev–Trinajstić information content (AvgIpc) is 2.89. The molecule has 0 aromatic carbocycles. The molecule has 0 bridgehead atoms. The van der Waals surface area contributed by atoms with Gasteiger partial charge >= 0.3 is 6.01 Å². The molecule has 0 saturated carbocycles. The lowest BCUT2D eigenvalue weighted by atomic mass is 10.3. The molecule has 1 aliphatic heterocycles. The van der Waals surface area contributed by atoms with Gasteiger partial charge in [-0.1, -0.05) is 5.10 Å². The van der Waals surface area contributed by atoms with Crippen LogP contribution in [-0.4, -0.2) is 53.9 Å². The van der Waals surface area contributed by atoms with E-state index in [0.717, 1.165) is 0 Å². The van der Waals surface area contributed by atoms with Crippen molar-refractivity contribution in [2.45, 2.75) is 18.7 Å². The summed E-state index contributed by atoms with van der Waals surface area (Å²) in [6.45, 7) is 4.75. The minimum Gasteiger partial charge on any atom is -0.407 e. The zero-order valence-electron chi connectivity index (χ0n) is 10.8. The van der Waals surface area contributed by atoms with Gasteiger partial charge < -0.3 is 19.4 Å². The second-order valence-corrected chi connectivity index (χ2v) is 4.89. The van der Waals surface area contributed by atoms with E-state index >= 15 is 0 Å². The summed E-state index contributed by atoms with van der Waals surface area (Å²) in [6.07, 6.45) is 0.383. The second kappa shape index (κ2) is 6.72. The lowest BCUT2D eigenvalue weighted by Crippen LogP contribution is -2.41. The highest BCUT2D eigenvalue weighted by Crippen LogP contribution is 2.19. The van der Waals surface area contributed by atoms with Gasteiger partial charge in [0.05, 0.1) is 13.2 Å². The van der Waals surface area contributed by atoms with Crippen molar-refractivity contribution >= 4 is 23.5 Å². The first-order valence-electron chi connectivity index (χ1n) is 6.23. The van der Waals surface area contributed by atoms with Gasteiger partial charge in [-0.3, -0.25) is 4.79 Å². The standard InChI is InChI=1S/C11H17ClN4O3/c1-8(12)10-14-15-11(19-10)13-3-2-9(17)16-4-6-18-7-5-16/h8H,2-7H2,1H3,(H,13,15). The summed E-state index contributed by atoms with van der Waals surface area (Å²) >= 11 is 5.81. The summed E-state index contributed by atoms with van der Waals surface area (Å²) in [6, 6.07) is 0.289. The zero-order valence-corrected chi connectivity index (χ0v) is 11.5. The largest absolute Gasteiger partial charge is 0.407 e. The number of nitrogens with one attached hydrogen (secondary N) is 1. The van der Waals surface area contributed by atoms with Gasteiger partial charge in [0.15, 0.2) is 0 Å². The highest BCUT2D eigenvalue weighted by Gasteiger charge is 2.16. The second-order valence-electron chi connectivity index (χ2n) is 4.23. The van der Waals surface area contributed by atoms with Crippen LogP contribution in [0.2, 0.25) is 0 Å². The van der Waals surface area contributed by atoms with Gasteiger partial charge in [-0.05, 0) is 6.92 Å². The first-order chi connectivity index (χ1) is 9.16. The Kier molecular flexibility index (Phi) is 4.98. The van der Waals surface area contributed by atoms with Crippen molar-refractivity contribution in [1.29, 1.82) is 0 Å². The Morgan fingerprint density at radius 3 is 2.84 bits per heavy atom. The molecule has 1 fully saturated rings. The third kappa shape index (κ3) is 4.07. The Labute approximate surface area is 116 Å². The van der Waals surface area contributed by atoms with Crippen LogP contribution < -0.4 is 5.32 Å². The normalized spacial score (nSPS) is 17.3. The first-order valence-corrected chi connectivity index (χ1v) is 6.67. The molecule has 8 heteroatoms. The van der Waals surface area contributed by atoms with Gasteiger partial charge in [0.2, 0.25) is 11.8 Å². The number of morpholine rings is 1. The maximum Gasteiger partial charge on any atom is 0.315 e. The van der Waals surface area contributed by atoms with Crippen LogP contribution in [0.1, 0.15) is 24.6 Å². The molecule has 1 aromatic rings. The summed E-state index contributed by atoms with van der Waals surface area (Å²) < 4.78 is 10.5. The molecule has 1 aromatic heterocycles. The highest BCUT2D eigenvalue weighted by molar-refractivity contribution is 6.20. The Morgan fingerprint density at radius 2 is 2.21 bits per heavy atom. The molecule has 1 amide bonds. The van der Waals surface area contributed by atoms with Crippen molar-refractivity contribution in [3.63, 3.8) is 0 Å². The third-order valence-electron chi connectivity index (χ3n) is 2.76. The number of anilines is 1. The maximum atomic E-state index is 11.8. The van der Waals surface area contributed by atoms with Crippen molar-refractivity contribution in [1.82, 2.24) is 15.1 Å². The molecule has 1 unspecified atom stereocenters. The maximum absolute atomic E-state index is 11.8. The third-order valence-corrected chi connectivity index (χ3v) is 2.95. The number of rotatable bonds is 5. The lowest BCUT2D eigenvalue weighted by molar-refractivity contribution is -0.134. The average molecular weight is 289 g/mol. The number of alkyl halides is 1. The minimum absolute atomic E-state index is 0.0984. The van der Waals surface area contributed by atoms with E-state index in [1.807, 2.05) is 0 Å². The molecule has 1 N–H and O–H groups in total. The van der Waals surface area contributed by atoms with E-state index in [1.54, 1.807) is 11.8 Å². The van der Waals surface area contributed by atoms with Crippen molar-refractivity contribution in [3.8, 4) is 0 Å². The zero-order chi connectivity index (χ0) is 13.7. The summed E-state index contributed by atoms with van der Waals surface area (Å²) in [5.74, 6) is 0.463. The predicted molar refractivity (Wildman–Crippen MR) is 69.1 cm³/mol. The first kappa shape index (κ1) is 14.1. The SMILES string of the molecule is CC(Cl)c1nnc(NCCC(=O)N2CCOCC2)o1. The number of ether oxygens (including phenoxy) is 1. The highest BCUT2D eigenvalue weighted by atomic mass is 35.5. The van der Waals surface area contributed by atoms with Crippen LogP contribution in [0.4, 0.5) is 6.01 Å². The van der Waals surface area contributed by atoms with Gasteiger partial charge in [-0.25, -0.2) is 0 Å². The topological polar surface area (TPSA) is 80.5 Å². The fourth-order valence-corrected chi connectivity index (χ4v) is 1.80. The van der Waals surface area contributed by atoms with Crippen molar-refractivity contribution in [2.75, 3.05) is 38.2 Å². The number of hydrogen-bond acceptors (Lipinski definition) is 6. The Bertz CT molecular complexity index is 418. The molecule has 2 heterocycles. The molecule has 1 aliphatic rings. The van der Waals surface area contributed by atoms with Gasteiger partial charge in [0.1, 0.15) is 5.38 Å². The van der Waals surface area contributed by atoms with E-state index < -0.39 is 0 Å². The fraction of sp³-hybridized carbons (Fsp3) is 0.727. The van der Waals surface area contributed by atoms with Crippen LogP contribution in [0, 0.1) is 0 Å². The van der Waals surface area contributed by atoms with E-state index in [-0.39, 0.29) is 17.3 Å². The van der Waals surface area contributed by atoms with Gasteiger partial charge in [0.25, 0.3) is 0 Å². The van der Waals surface area contributed by atoms with Crippen molar-refractivity contribution in [2.24, 2.45) is 0 Å². The summed E-state index contributed by atoms with van der Waals surface area (Å²) in [5, 5.41) is 10.2. The molecular weight excluding hydrogens is 272 g/mol. The van der Waals surface area contributed by atoms with E-state index in [4.69, 9.17) is 20.8 Å². The summed E-state index contributed by atoms with van der Waals surface area (Å²) in [7, 11) is 0. The lowest BCUT2D eigenvalue weighted by Gasteiger charge is -2.26. The molecular formula is C11H17ClN4O3. The molecule has 0 aliphatic carbocycles. The Hall–Kier alpha value is -1.34. The molecule has 19 heavy (non-hydrogen) atoms. The fourth-order valence-electron chi connectivity index (χ4n) is 1.71. The van der Waals surface area contributed by atoms with Crippen molar-refractivity contribution in [3.05, 3.63) is 5.89 Å². The molecule has 1 saturated heterocycles. The van der Waals surface area contributed by atoms with Gasteiger partial charge in [0, 0.05) is 26.1 Å². The molecule has 2 rings (SSSR count). The monoisotopic (exact) mass is 288 g/mol. The molecule has 0 radical (unpaired) electrons. The van der Waals surface area contributed by atoms with Gasteiger partial charge in [-0.2, -0.15) is 0 Å². The van der Waals surface area contributed by atoms with Gasteiger partial charge in [-0.15, -0.1) is 16.7 Å². The van der Waals surface area contributed by atoms with Crippen LogP contribution >= 0.6 is 11.6 Å². The number of carbonyl (C=O) groups excluding carboxylic acids is 1. The Morgan fingerprint density at radius 1 is 1.47 bits per heavy atom. The number of carbonyl (C=O) groups is 1. The molecule has 1 atom stereocenters. The molecule has 7 nitrogen and oxygen atoms in total.